The normalized spacial score (nSPS) is 28.5. The monoisotopic (exact) mass is 363 g/mol. The molecule has 3 heterocycles. The molecule has 1 saturated carbocycles. The van der Waals surface area contributed by atoms with E-state index in [0.29, 0.717) is 0 Å². The minimum atomic E-state index is -0.817. The van der Waals surface area contributed by atoms with E-state index in [1.165, 1.54) is 6.42 Å². The molecule has 2 atom stereocenters. The maximum absolute atomic E-state index is 11.7. The first-order chi connectivity index (χ1) is 13.1. The summed E-state index contributed by atoms with van der Waals surface area (Å²) in [7, 11) is 1.98. The van der Waals surface area contributed by atoms with Crippen LogP contribution in [-0.4, -0.2) is 42.6 Å². The number of benzene rings is 1. The second kappa shape index (κ2) is 6.39. The van der Waals surface area contributed by atoms with Gasteiger partial charge in [0.1, 0.15) is 11.4 Å². The third kappa shape index (κ3) is 2.75. The smallest absolute Gasteiger partial charge is 0.141 e. The second-order valence-corrected chi connectivity index (χ2v) is 8.06. The van der Waals surface area contributed by atoms with Crippen molar-refractivity contribution < 1.29 is 5.11 Å². The number of aryl methyl sites for hydroxylation is 1. The first kappa shape index (κ1) is 16.8. The van der Waals surface area contributed by atoms with Crippen molar-refractivity contribution in [2.24, 2.45) is 18.9 Å². The van der Waals surface area contributed by atoms with E-state index in [2.05, 4.69) is 14.9 Å². The van der Waals surface area contributed by atoms with Crippen molar-refractivity contribution in [2.45, 2.75) is 31.4 Å². The molecule has 3 aromatic rings. The maximum atomic E-state index is 11.7. The minimum Gasteiger partial charge on any atom is -0.381 e. The molecule has 1 N–H and O–H groups in total. The zero-order valence-corrected chi connectivity index (χ0v) is 15.6. The number of likely N-dealkylation sites (tertiary alicyclic amines) is 1. The quantitative estimate of drug-likeness (QED) is 0.774. The van der Waals surface area contributed by atoms with Gasteiger partial charge in [-0.15, -0.1) is 0 Å². The third-order valence-corrected chi connectivity index (χ3v) is 6.37. The van der Waals surface area contributed by atoms with Gasteiger partial charge < -0.3 is 9.67 Å². The molecule has 2 unspecified atom stereocenters. The second-order valence-electron chi connectivity index (χ2n) is 8.06. The highest BCUT2D eigenvalue weighted by Crippen LogP contribution is 2.48. The van der Waals surface area contributed by atoms with Gasteiger partial charge >= 0.3 is 0 Å². The van der Waals surface area contributed by atoms with Gasteiger partial charge in [0.15, 0.2) is 0 Å². The van der Waals surface area contributed by atoms with Crippen LogP contribution < -0.4 is 0 Å². The lowest BCUT2D eigenvalue weighted by atomic mass is 9.65. The van der Waals surface area contributed by atoms with Gasteiger partial charge in [-0.1, -0.05) is 18.6 Å². The van der Waals surface area contributed by atoms with E-state index < -0.39 is 5.60 Å². The zero-order chi connectivity index (χ0) is 18.4. The summed E-state index contributed by atoms with van der Waals surface area (Å²) in [6, 6.07) is 7.99. The summed E-state index contributed by atoms with van der Waals surface area (Å²) < 4.78 is 1.98. The summed E-state index contributed by atoms with van der Waals surface area (Å²) in [5.41, 5.74) is 2.05. The van der Waals surface area contributed by atoms with Gasteiger partial charge in [-0.25, -0.2) is 9.97 Å². The Morgan fingerprint density at radius 3 is 2.56 bits per heavy atom. The first-order valence-electron chi connectivity index (χ1n) is 9.78. The highest BCUT2D eigenvalue weighted by molar-refractivity contribution is 5.73. The first-order valence-corrected chi connectivity index (χ1v) is 9.78. The van der Waals surface area contributed by atoms with Crippen molar-refractivity contribution in [3.63, 3.8) is 0 Å². The summed E-state index contributed by atoms with van der Waals surface area (Å²) >= 11 is 0. The van der Waals surface area contributed by atoms with Gasteiger partial charge in [-0.05, 0) is 25.0 Å². The molecule has 0 amide bonds. The lowest BCUT2D eigenvalue weighted by molar-refractivity contribution is -0.155. The molecule has 2 aromatic heterocycles. The Morgan fingerprint density at radius 1 is 1.11 bits per heavy atom. The molecular formula is C21H25N5O. The Balaban J connectivity index is 1.40. The molecule has 5 rings (SSSR count). The molecule has 0 spiro atoms. The zero-order valence-electron chi connectivity index (χ0n) is 15.6. The summed E-state index contributed by atoms with van der Waals surface area (Å²) in [5, 5.41) is 11.7. The van der Waals surface area contributed by atoms with Crippen LogP contribution in [0.15, 0.2) is 42.9 Å². The fraction of sp³-hybridized carbons (Fsp3) is 0.476. The molecule has 2 fully saturated rings. The van der Waals surface area contributed by atoms with Gasteiger partial charge in [0.2, 0.25) is 0 Å². The average Bonchev–Trinajstić information content (AvgIpc) is 3.09. The van der Waals surface area contributed by atoms with Crippen LogP contribution in [0.5, 0.6) is 0 Å². The Kier molecular flexibility index (Phi) is 3.98. The van der Waals surface area contributed by atoms with Crippen LogP contribution in [-0.2, 0) is 19.2 Å². The average molecular weight is 363 g/mol. The predicted octanol–water partition coefficient (Wildman–Crippen LogP) is 2.48. The number of imidazole rings is 1. The van der Waals surface area contributed by atoms with Crippen LogP contribution in [0.25, 0.3) is 11.0 Å². The highest BCUT2D eigenvalue weighted by atomic mass is 16.3. The number of piperidine rings is 1. The minimum absolute atomic E-state index is 0.208. The van der Waals surface area contributed by atoms with Crippen molar-refractivity contribution in [1.82, 2.24) is 24.4 Å². The number of rotatable bonds is 3. The third-order valence-electron chi connectivity index (χ3n) is 6.37. The standard InChI is InChI=1S/C21H25N5O/c1-25-10-9-22-20(25)21(27)15-5-4-6-16(21)13-26(12-15)14-17-11-23-18-7-2-3-8-19(18)24-17/h2-3,7-11,15-16,27H,4-6,12-14H2,1H3. The fourth-order valence-electron chi connectivity index (χ4n) is 5.09. The van der Waals surface area contributed by atoms with Crippen molar-refractivity contribution in [3.8, 4) is 0 Å². The lowest BCUT2D eigenvalue weighted by Gasteiger charge is -2.52. The predicted molar refractivity (Wildman–Crippen MR) is 103 cm³/mol. The van der Waals surface area contributed by atoms with Crippen LogP contribution in [0.1, 0.15) is 30.8 Å². The van der Waals surface area contributed by atoms with Crippen molar-refractivity contribution in [2.75, 3.05) is 13.1 Å². The Bertz CT molecular complexity index is 954. The molecule has 6 heteroatoms. The van der Waals surface area contributed by atoms with Gasteiger partial charge in [-0.2, -0.15) is 0 Å². The molecule has 1 aliphatic carbocycles. The van der Waals surface area contributed by atoms with E-state index in [0.717, 1.165) is 55.0 Å². The Labute approximate surface area is 158 Å². The topological polar surface area (TPSA) is 67.1 Å². The molecule has 27 heavy (non-hydrogen) atoms. The van der Waals surface area contributed by atoms with Crippen molar-refractivity contribution in [3.05, 3.63) is 54.4 Å². The van der Waals surface area contributed by atoms with Gasteiger partial charge in [-0.3, -0.25) is 9.88 Å². The molecule has 6 nitrogen and oxygen atoms in total. The molecular weight excluding hydrogens is 338 g/mol. The summed E-state index contributed by atoms with van der Waals surface area (Å²) in [5.74, 6) is 1.24. The van der Waals surface area contributed by atoms with Gasteiger partial charge in [0.05, 0.1) is 22.9 Å². The Morgan fingerprint density at radius 2 is 1.85 bits per heavy atom. The molecule has 2 bridgehead atoms. The molecule has 2 aliphatic rings. The number of fused-ring (bicyclic) bond motifs is 3. The number of hydrogen-bond donors (Lipinski definition) is 1. The van der Waals surface area contributed by atoms with E-state index >= 15 is 0 Å². The largest absolute Gasteiger partial charge is 0.381 e. The Hall–Kier alpha value is -2.31. The van der Waals surface area contributed by atoms with E-state index in [1.54, 1.807) is 6.20 Å². The van der Waals surface area contributed by atoms with Crippen LogP contribution >= 0.6 is 0 Å². The molecule has 1 aromatic carbocycles. The summed E-state index contributed by atoms with van der Waals surface area (Å²) in [4.78, 5) is 16.3. The number of aromatic nitrogens is 4. The summed E-state index contributed by atoms with van der Waals surface area (Å²) in [6.07, 6.45) is 8.88. The van der Waals surface area contributed by atoms with Crippen molar-refractivity contribution in [1.29, 1.82) is 0 Å². The van der Waals surface area contributed by atoms with E-state index in [-0.39, 0.29) is 11.8 Å². The number of hydrogen-bond acceptors (Lipinski definition) is 5. The van der Waals surface area contributed by atoms with Crippen LogP contribution in [0.2, 0.25) is 0 Å². The molecule has 1 saturated heterocycles. The van der Waals surface area contributed by atoms with Gasteiger partial charge in [0.25, 0.3) is 0 Å². The highest BCUT2D eigenvalue weighted by Gasteiger charge is 2.53. The van der Waals surface area contributed by atoms with Crippen molar-refractivity contribution >= 4 is 11.0 Å². The van der Waals surface area contributed by atoms with E-state index in [9.17, 15) is 5.11 Å². The lowest BCUT2D eigenvalue weighted by Crippen LogP contribution is -2.58. The molecule has 140 valence electrons. The maximum Gasteiger partial charge on any atom is 0.141 e. The fourth-order valence-corrected chi connectivity index (χ4v) is 5.09. The van der Waals surface area contributed by atoms with Gasteiger partial charge in [0, 0.05) is 50.9 Å². The molecule has 1 aliphatic heterocycles. The SMILES string of the molecule is Cn1ccnc1C1(O)C2CCCC1CN(Cc1cnc3ccccc3n1)C2. The van der Waals surface area contributed by atoms with E-state index in [4.69, 9.17) is 4.98 Å². The summed E-state index contributed by atoms with van der Waals surface area (Å²) in [6.45, 7) is 2.52. The van der Waals surface area contributed by atoms with Crippen LogP contribution in [0.3, 0.4) is 0 Å². The van der Waals surface area contributed by atoms with E-state index in [1.807, 2.05) is 48.3 Å². The number of para-hydroxylation sites is 2. The van der Waals surface area contributed by atoms with Crippen LogP contribution in [0.4, 0.5) is 0 Å². The number of nitrogens with zero attached hydrogens (tertiary/aromatic N) is 5. The number of aliphatic hydroxyl groups is 1. The van der Waals surface area contributed by atoms with Crippen LogP contribution in [0, 0.1) is 11.8 Å². The molecule has 0 radical (unpaired) electrons.